The lowest BCUT2D eigenvalue weighted by molar-refractivity contribution is -0.135. The predicted molar refractivity (Wildman–Crippen MR) is 47.9 cm³/mol. The average Bonchev–Trinajstić information content (AvgIpc) is 2.05. The van der Waals surface area contributed by atoms with Crippen molar-refractivity contribution in [1.29, 1.82) is 0 Å². The molecule has 0 aromatic rings. The van der Waals surface area contributed by atoms with E-state index in [1.54, 1.807) is 0 Å². The number of carboxylic acid groups (broad SMARTS) is 2. The maximum Gasteiger partial charge on any atom is 0.370 e. The molecule has 80 valence electrons. The van der Waals surface area contributed by atoms with Crippen LogP contribution in [0.25, 0.3) is 0 Å². The second-order valence-corrected chi connectivity index (χ2v) is 2.13. The molecule has 0 bridgehead atoms. The fraction of sp³-hybridized carbons (Fsp3) is 0.250. The minimum atomic E-state index is -1.38. The van der Waals surface area contributed by atoms with E-state index < -0.39 is 17.7 Å². The lowest BCUT2D eigenvalue weighted by Crippen LogP contribution is -2.00. The highest BCUT2D eigenvalue weighted by Gasteiger charge is 2.00. The summed E-state index contributed by atoms with van der Waals surface area (Å²) in [6.07, 6.45) is 0.148. The molecular weight excluding hydrogens is 192 g/mol. The van der Waals surface area contributed by atoms with Crippen LogP contribution in [0.2, 0.25) is 0 Å². The van der Waals surface area contributed by atoms with Crippen LogP contribution in [0.4, 0.5) is 0 Å². The monoisotopic (exact) mass is 204 g/mol. The summed E-state index contributed by atoms with van der Waals surface area (Å²) in [5.74, 6) is -3.25. The van der Waals surface area contributed by atoms with Crippen LogP contribution in [0, 0.1) is 0 Å². The Labute approximate surface area is 80.4 Å². The van der Waals surface area contributed by atoms with Crippen LogP contribution in [0.1, 0.15) is 6.42 Å². The molecule has 0 saturated heterocycles. The van der Waals surface area contributed by atoms with Crippen LogP contribution in [0.15, 0.2) is 24.5 Å². The van der Waals surface area contributed by atoms with Crippen molar-refractivity contribution < 1.29 is 30.0 Å². The highest BCUT2D eigenvalue weighted by Crippen LogP contribution is 1.94. The van der Waals surface area contributed by atoms with Crippen LogP contribution >= 0.6 is 0 Å². The van der Waals surface area contributed by atoms with Gasteiger partial charge in [-0.05, 0) is 6.58 Å². The summed E-state index contributed by atoms with van der Waals surface area (Å²) in [5, 5.41) is 31.7. The molecule has 0 aliphatic carbocycles. The van der Waals surface area contributed by atoms with Gasteiger partial charge in [0.15, 0.2) is 5.76 Å². The van der Waals surface area contributed by atoms with Gasteiger partial charge in [0.25, 0.3) is 0 Å². The molecule has 0 rings (SSSR count). The molecule has 0 amide bonds. The van der Waals surface area contributed by atoms with Crippen molar-refractivity contribution in [1.82, 2.24) is 0 Å². The zero-order valence-electron chi connectivity index (χ0n) is 7.43. The van der Waals surface area contributed by atoms with Gasteiger partial charge in [0.1, 0.15) is 0 Å². The minimum Gasteiger partial charge on any atom is -0.502 e. The largest absolute Gasteiger partial charge is 0.502 e. The van der Waals surface area contributed by atoms with Crippen LogP contribution < -0.4 is 0 Å². The Balaban J connectivity index is 0. The number of aliphatic hydroxyl groups is 2. The molecule has 0 atom stereocenters. The van der Waals surface area contributed by atoms with Crippen molar-refractivity contribution in [2.24, 2.45) is 0 Å². The Hall–Kier alpha value is -1.82. The second-order valence-electron chi connectivity index (χ2n) is 2.13. The topological polar surface area (TPSA) is 115 Å². The fourth-order valence-electron chi connectivity index (χ4n) is 0.242. The molecule has 0 radical (unpaired) electrons. The Morgan fingerprint density at radius 1 is 1.00 bits per heavy atom. The van der Waals surface area contributed by atoms with Gasteiger partial charge in [-0.2, -0.15) is 0 Å². The molecule has 0 aromatic carbocycles. The fourth-order valence-corrected chi connectivity index (χ4v) is 0.242. The van der Waals surface area contributed by atoms with E-state index in [-0.39, 0.29) is 18.6 Å². The normalized spacial score (nSPS) is 8.07. The minimum absolute atomic E-state index is 0.0486. The van der Waals surface area contributed by atoms with Gasteiger partial charge in [-0.25, -0.2) is 9.59 Å². The smallest absolute Gasteiger partial charge is 0.370 e. The zero-order valence-corrected chi connectivity index (χ0v) is 7.43. The molecule has 6 heteroatoms. The molecule has 0 spiro atoms. The number of hydrogen-bond donors (Lipinski definition) is 4. The predicted octanol–water partition coefficient (Wildman–Crippen LogP) is 0.152. The van der Waals surface area contributed by atoms with E-state index in [1.165, 1.54) is 0 Å². The van der Waals surface area contributed by atoms with Crippen molar-refractivity contribution >= 4 is 11.9 Å². The van der Waals surface area contributed by atoms with Crippen molar-refractivity contribution in [3.8, 4) is 0 Å². The van der Waals surface area contributed by atoms with Gasteiger partial charge < -0.3 is 20.4 Å². The SMILES string of the molecule is C=C(CCO)C(=O)O.C=C(O)C(=O)O. The van der Waals surface area contributed by atoms with E-state index >= 15 is 0 Å². The first-order chi connectivity index (χ1) is 6.32. The van der Waals surface area contributed by atoms with Gasteiger partial charge in [0.05, 0.1) is 0 Å². The van der Waals surface area contributed by atoms with E-state index in [1.807, 2.05) is 0 Å². The van der Waals surface area contributed by atoms with Crippen LogP contribution in [-0.4, -0.2) is 39.0 Å². The molecule has 0 aromatic heterocycles. The molecule has 0 unspecified atom stereocenters. The summed E-state index contributed by atoms with van der Waals surface area (Å²) in [7, 11) is 0. The number of carbonyl (C=O) groups is 2. The summed E-state index contributed by atoms with van der Waals surface area (Å²) in [4.78, 5) is 19.2. The lowest BCUT2D eigenvalue weighted by Gasteiger charge is -1.91. The van der Waals surface area contributed by atoms with Crippen molar-refractivity contribution in [2.45, 2.75) is 6.42 Å². The third-order valence-corrected chi connectivity index (χ3v) is 0.963. The Bertz CT molecular complexity index is 230. The number of rotatable bonds is 4. The van der Waals surface area contributed by atoms with Gasteiger partial charge in [-0.15, -0.1) is 0 Å². The third kappa shape index (κ3) is 10.2. The van der Waals surface area contributed by atoms with E-state index in [2.05, 4.69) is 13.2 Å². The summed E-state index contributed by atoms with van der Waals surface area (Å²) < 4.78 is 0. The lowest BCUT2D eigenvalue weighted by atomic mass is 10.2. The number of aliphatic carboxylic acids is 2. The van der Waals surface area contributed by atoms with Crippen molar-refractivity contribution in [2.75, 3.05) is 6.61 Å². The van der Waals surface area contributed by atoms with Gasteiger partial charge in [-0.1, -0.05) is 6.58 Å². The Kier molecular flexibility index (Phi) is 8.20. The van der Waals surface area contributed by atoms with Gasteiger partial charge in [0, 0.05) is 18.6 Å². The summed E-state index contributed by atoms with van der Waals surface area (Å²) in [6.45, 7) is 5.75. The first-order valence-electron chi connectivity index (χ1n) is 3.46. The van der Waals surface area contributed by atoms with Gasteiger partial charge in [0.2, 0.25) is 0 Å². The van der Waals surface area contributed by atoms with Crippen LogP contribution in [0.5, 0.6) is 0 Å². The molecule has 4 N–H and O–H groups in total. The van der Waals surface area contributed by atoms with Crippen molar-refractivity contribution in [3.63, 3.8) is 0 Å². The summed E-state index contributed by atoms with van der Waals surface area (Å²) >= 11 is 0. The maximum atomic E-state index is 9.88. The average molecular weight is 204 g/mol. The second kappa shape index (κ2) is 7.81. The first-order valence-corrected chi connectivity index (χ1v) is 3.46. The molecule has 0 aliphatic heterocycles. The molecule has 0 fully saturated rings. The summed E-state index contributed by atoms with van der Waals surface area (Å²) in [6, 6.07) is 0. The number of hydrogen-bond acceptors (Lipinski definition) is 4. The van der Waals surface area contributed by atoms with Crippen molar-refractivity contribution in [3.05, 3.63) is 24.5 Å². The van der Waals surface area contributed by atoms with Gasteiger partial charge in [-0.3, -0.25) is 0 Å². The van der Waals surface area contributed by atoms with Crippen LogP contribution in [-0.2, 0) is 9.59 Å². The molecule has 0 aliphatic rings. The Morgan fingerprint density at radius 2 is 1.36 bits per heavy atom. The van der Waals surface area contributed by atoms with Crippen LogP contribution in [0.3, 0.4) is 0 Å². The van der Waals surface area contributed by atoms with Gasteiger partial charge >= 0.3 is 11.9 Å². The van der Waals surface area contributed by atoms with E-state index in [0.717, 1.165) is 0 Å². The molecule has 6 nitrogen and oxygen atoms in total. The third-order valence-electron chi connectivity index (χ3n) is 0.963. The summed E-state index contributed by atoms with van der Waals surface area (Å²) in [5.41, 5.74) is 0.0486. The maximum absolute atomic E-state index is 9.88. The van der Waals surface area contributed by atoms with E-state index in [9.17, 15) is 9.59 Å². The number of carboxylic acids is 2. The zero-order chi connectivity index (χ0) is 11.7. The standard InChI is InChI=1S/C5H8O3.C3H4O3/c1-4(2-3-6)5(7)8;1-2(4)3(5)6/h6H,1-3H2,(H,7,8);4H,1H2,(H,5,6). The Morgan fingerprint density at radius 3 is 1.43 bits per heavy atom. The highest BCUT2D eigenvalue weighted by molar-refractivity contribution is 5.85. The molecular formula is C8H12O6. The molecule has 0 saturated carbocycles. The van der Waals surface area contributed by atoms with E-state index in [0.29, 0.717) is 0 Å². The number of aliphatic hydroxyl groups excluding tert-OH is 2. The first kappa shape index (κ1) is 14.7. The quantitative estimate of drug-likeness (QED) is 0.383. The highest BCUT2D eigenvalue weighted by atomic mass is 16.4. The molecule has 0 heterocycles. The molecule has 14 heavy (non-hydrogen) atoms. The van der Waals surface area contributed by atoms with E-state index in [4.69, 9.17) is 20.4 Å².